The van der Waals surface area contributed by atoms with Gasteiger partial charge in [0.2, 0.25) is 0 Å². The van der Waals surface area contributed by atoms with Gasteiger partial charge < -0.3 is 15.4 Å². The molecule has 3 rings (SSSR count). The van der Waals surface area contributed by atoms with Gasteiger partial charge in [-0.05, 0) is 12.8 Å². The van der Waals surface area contributed by atoms with E-state index in [0.29, 0.717) is 6.10 Å². The highest BCUT2D eigenvalue weighted by atomic mass is 32.1. The molecule has 116 valence electrons. The first-order valence-corrected chi connectivity index (χ1v) is 8.67. The minimum atomic E-state index is 0.187. The second kappa shape index (κ2) is 6.34. The van der Waals surface area contributed by atoms with Crippen LogP contribution in [-0.2, 0) is 11.2 Å². The summed E-state index contributed by atoms with van der Waals surface area (Å²) in [6, 6.07) is 0.187. The molecule has 2 atom stereocenters. The molecule has 1 fully saturated rings. The third-order valence-electron chi connectivity index (χ3n) is 4.21. The van der Waals surface area contributed by atoms with E-state index in [1.807, 2.05) is 0 Å². The topological polar surface area (TPSA) is 55.8 Å². The lowest BCUT2D eigenvalue weighted by molar-refractivity contribution is 0.0381. The average Bonchev–Trinajstić information content (AvgIpc) is 3.09. The van der Waals surface area contributed by atoms with E-state index in [1.54, 1.807) is 11.3 Å². The number of hydrogen-bond donors (Lipinski definition) is 1. The third kappa shape index (κ3) is 2.93. The second-order valence-electron chi connectivity index (χ2n) is 5.66. The Morgan fingerprint density at radius 2 is 2.38 bits per heavy atom. The van der Waals surface area contributed by atoms with Crippen LogP contribution in [0, 0.1) is 0 Å². The van der Waals surface area contributed by atoms with Crippen LogP contribution < -0.4 is 10.6 Å². The summed E-state index contributed by atoms with van der Waals surface area (Å²) in [5.74, 6) is 1.10. The SMILES string of the molecule is CCC(N)Cc1c(N2CCOC(CC)C2)nc2sccn12. The summed E-state index contributed by atoms with van der Waals surface area (Å²) in [6.45, 7) is 6.93. The molecule has 6 heteroatoms. The monoisotopic (exact) mass is 308 g/mol. The molecule has 0 aromatic carbocycles. The molecular weight excluding hydrogens is 284 g/mol. The largest absolute Gasteiger partial charge is 0.375 e. The van der Waals surface area contributed by atoms with Gasteiger partial charge in [0.15, 0.2) is 10.8 Å². The van der Waals surface area contributed by atoms with Gasteiger partial charge in [-0.15, -0.1) is 11.3 Å². The van der Waals surface area contributed by atoms with Crippen LogP contribution in [0.3, 0.4) is 0 Å². The fraction of sp³-hybridized carbons (Fsp3) is 0.667. The summed E-state index contributed by atoms with van der Waals surface area (Å²) >= 11 is 1.68. The molecular formula is C15H24N4OS. The number of nitrogens with zero attached hydrogens (tertiary/aromatic N) is 3. The fourth-order valence-corrected chi connectivity index (χ4v) is 3.54. The first kappa shape index (κ1) is 14.8. The minimum absolute atomic E-state index is 0.187. The van der Waals surface area contributed by atoms with E-state index >= 15 is 0 Å². The molecule has 0 amide bonds. The lowest BCUT2D eigenvalue weighted by Gasteiger charge is -2.33. The molecule has 0 spiro atoms. The maximum absolute atomic E-state index is 6.19. The number of imidazole rings is 1. The van der Waals surface area contributed by atoms with Crippen molar-refractivity contribution in [3.8, 4) is 0 Å². The molecule has 5 nitrogen and oxygen atoms in total. The van der Waals surface area contributed by atoms with Crippen molar-refractivity contribution in [3.63, 3.8) is 0 Å². The van der Waals surface area contributed by atoms with Crippen LogP contribution >= 0.6 is 11.3 Å². The molecule has 1 aliphatic heterocycles. The summed E-state index contributed by atoms with van der Waals surface area (Å²) in [7, 11) is 0. The van der Waals surface area contributed by atoms with E-state index in [-0.39, 0.29) is 6.04 Å². The number of nitrogens with two attached hydrogens (primary N) is 1. The summed E-state index contributed by atoms with van der Waals surface area (Å²) < 4.78 is 7.98. The van der Waals surface area contributed by atoms with Crippen LogP contribution in [0.2, 0.25) is 0 Å². The Kier molecular flexibility index (Phi) is 4.47. The Bertz CT molecular complexity index is 594. The highest BCUT2D eigenvalue weighted by molar-refractivity contribution is 7.15. The molecule has 2 aromatic heterocycles. The zero-order valence-electron chi connectivity index (χ0n) is 12.8. The smallest absolute Gasteiger partial charge is 0.195 e. The average molecular weight is 308 g/mol. The van der Waals surface area contributed by atoms with Crippen LogP contribution in [0.25, 0.3) is 4.96 Å². The maximum atomic E-state index is 6.19. The van der Waals surface area contributed by atoms with Crippen LogP contribution in [0.1, 0.15) is 32.4 Å². The Labute approximate surface area is 129 Å². The minimum Gasteiger partial charge on any atom is -0.375 e. The van der Waals surface area contributed by atoms with Crippen LogP contribution in [0.15, 0.2) is 11.6 Å². The van der Waals surface area contributed by atoms with E-state index in [4.69, 9.17) is 15.5 Å². The van der Waals surface area contributed by atoms with Gasteiger partial charge in [-0.2, -0.15) is 0 Å². The molecule has 2 N–H and O–H groups in total. The zero-order chi connectivity index (χ0) is 14.8. The Balaban J connectivity index is 1.93. The number of anilines is 1. The van der Waals surface area contributed by atoms with Crippen molar-refractivity contribution < 1.29 is 4.74 Å². The van der Waals surface area contributed by atoms with E-state index in [2.05, 4.69) is 34.7 Å². The Hall–Kier alpha value is -1.11. The van der Waals surface area contributed by atoms with Crippen molar-refractivity contribution in [1.82, 2.24) is 9.38 Å². The van der Waals surface area contributed by atoms with E-state index in [9.17, 15) is 0 Å². The van der Waals surface area contributed by atoms with Gasteiger partial charge in [-0.25, -0.2) is 4.98 Å². The summed E-state index contributed by atoms with van der Waals surface area (Å²) in [6.07, 6.45) is 5.32. The van der Waals surface area contributed by atoms with Gasteiger partial charge >= 0.3 is 0 Å². The van der Waals surface area contributed by atoms with E-state index in [0.717, 1.165) is 49.7 Å². The summed E-state index contributed by atoms with van der Waals surface area (Å²) in [5, 5.41) is 2.08. The number of fused-ring (bicyclic) bond motifs is 1. The van der Waals surface area contributed by atoms with Gasteiger partial charge in [0, 0.05) is 37.1 Å². The number of hydrogen-bond acceptors (Lipinski definition) is 5. The molecule has 21 heavy (non-hydrogen) atoms. The van der Waals surface area contributed by atoms with Crippen molar-refractivity contribution in [2.45, 2.75) is 45.3 Å². The molecule has 3 heterocycles. The lowest BCUT2D eigenvalue weighted by atomic mass is 10.1. The van der Waals surface area contributed by atoms with E-state index in [1.165, 1.54) is 5.69 Å². The van der Waals surface area contributed by atoms with Crippen molar-refractivity contribution in [2.24, 2.45) is 5.73 Å². The highest BCUT2D eigenvalue weighted by Gasteiger charge is 2.25. The number of morpholine rings is 1. The number of thiazole rings is 1. The highest BCUT2D eigenvalue weighted by Crippen LogP contribution is 2.27. The quantitative estimate of drug-likeness (QED) is 0.921. The van der Waals surface area contributed by atoms with Crippen molar-refractivity contribution >= 4 is 22.1 Å². The van der Waals surface area contributed by atoms with Gasteiger partial charge in [0.1, 0.15) is 0 Å². The van der Waals surface area contributed by atoms with Gasteiger partial charge in [-0.3, -0.25) is 4.40 Å². The van der Waals surface area contributed by atoms with Crippen LogP contribution in [0.4, 0.5) is 5.82 Å². The molecule has 1 saturated heterocycles. The standard InChI is InChI=1S/C15H24N4OS/c1-3-11(16)9-13-14(17-15-19(13)6-8-21-15)18-5-7-20-12(4-2)10-18/h6,8,11-12H,3-5,7,9-10,16H2,1-2H3. The molecule has 0 bridgehead atoms. The van der Waals surface area contributed by atoms with Crippen LogP contribution in [-0.4, -0.2) is 41.2 Å². The predicted octanol–water partition coefficient (Wildman–Crippen LogP) is 2.29. The van der Waals surface area contributed by atoms with Crippen molar-refractivity contribution in [1.29, 1.82) is 0 Å². The second-order valence-corrected chi connectivity index (χ2v) is 6.53. The molecule has 0 aliphatic carbocycles. The maximum Gasteiger partial charge on any atom is 0.195 e. The van der Waals surface area contributed by atoms with Gasteiger partial charge in [0.25, 0.3) is 0 Å². The Morgan fingerprint density at radius 3 is 3.14 bits per heavy atom. The normalized spacial score (nSPS) is 21.1. The Morgan fingerprint density at radius 1 is 1.52 bits per heavy atom. The molecule has 0 saturated carbocycles. The predicted molar refractivity (Wildman–Crippen MR) is 87.3 cm³/mol. The van der Waals surface area contributed by atoms with Crippen molar-refractivity contribution in [3.05, 3.63) is 17.3 Å². The molecule has 0 radical (unpaired) electrons. The molecule has 2 aromatic rings. The lowest BCUT2D eigenvalue weighted by Crippen LogP contribution is -2.43. The zero-order valence-corrected chi connectivity index (χ0v) is 13.6. The first-order valence-electron chi connectivity index (χ1n) is 7.79. The molecule has 1 aliphatic rings. The number of ether oxygens (including phenoxy) is 1. The number of aromatic nitrogens is 2. The molecule has 2 unspecified atom stereocenters. The van der Waals surface area contributed by atoms with Gasteiger partial charge in [0.05, 0.1) is 18.4 Å². The van der Waals surface area contributed by atoms with E-state index < -0.39 is 0 Å². The first-order chi connectivity index (χ1) is 10.2. The number of rotatable bonds is 5. The van der Waals surface area contributed by atoms with Crippen LogP contribution in [0.5, 0.6) is 0 Å². The fourth-order valence-electron chi connectivity index (χ4n) is 2.82. The third-order valence-corrected chi connectivity index (χ3v) is 4.97. The van der Waals surface area contributed by atoms with Crippen molar-refractivity contribution in [2.75, 3.05) is 24.6 Å². The summed E-state index contributed by atoms with van der Waals surface area (Å²) in [5.41, 5.74) is 7.44. The van der Waals surface area contributed by atoms with Gasteiger partial charge in [-0.1, -0.05) is 13.8 Å². The summed E-state index contributed by atoms with van der Waals surface area (Å²) in [4.78, 5) is 8.28.